The monoisotopic (exact) mass is 1420 g/mol. The van der Waals surface area contributed by atoms with Gasteiger partial charge in [0.1, 0.15) is 19.3 Å². The van der Waals surface area contributed by atoms with E-state index in [0.29, 0.717) is 25.7 Å². The van der Waals surface area contributed by atoms with E-state index >= 15 is 0 Å². The predicted octanol–water partition coefficient (Wildman–Crippen LogP) is 22.8. The first-order valence-corrected chi connectivity index (χ1v) is 43.3. The molecular formula is C78H152O17P2. The fourth-order valence-corrected chi connectivity index (χ4v) is 13.4. The minimum absolute atomic E-state index is 0.106. The molecular weight excluding hydrogens is 1270 g/mol. The molecule has 0 rings (SSSR count). The fraction of sp³-hybridized carbons (Fsp3) is 0.949. The van der Waals surface area contributed by atoms with E-state index < -0.39 is 97.5 Å². The van der Waals surface area contributed by atoms with Gasteiger partial charge in [0.05, 0.1) is 26.4 Å². The molecule has 0 amide bonds. The summed E-state index contributed by atoms with van der Waals surface area (Å²) in [4.78, 5) is 73.0. The maximum Gasteiger partial charge on any atom is 0.472 e. The molecule has 0 spiro atoms. The Balaban J connectivity index is 5.28. The summed E-state index contributed by atoms with van der Waals surface area (Å²) in [7, 11) is -9.92. The summed E-state index contributed by atoms with van der Waals surface area (Å²) < 4.78 is 68.6. The number of ether oxygens (including phenoxy) is 4. The number of unbranched alkanes of at least 4 members (excludes halogenated alkanes) is 39. The summed E-state index contributed by atoms with van der Waals surface area (Å²) in [6.07, 6.45) is 52.5. The van der Waals surface area contributed by atoms with Gasteiger partial charge < -0.3 is 33.8 Å². The third-order valence-corrected chi connectivity index (χ3v) is 20.7. The second-order valence-electron chi connectivity index (χ2n) is 29.5. The molecule has 0 fully saturated rings. The van der Waals surface area contributed by atoms with Crippen molar-refractivity contribution < 1.29 is 80.2 Å². The maximum atomic E-state index is 13.1. The largest absolute Gasteiger partial charge is 0.472 e. The molecule has 0 saturated carbocycles. The molecule has 0 bridgehead atoms. The van der Waals surface area contributed by atoms with Crippen molar-refractivity contribution in [3.63, 3.8) is 0 Å². The number of phosphoric ester groups is 2. The van der Waals surface area contributed by atoms with Crippen molar-refractivity contribution in [1.29, 1.82) is 0 Å². The van der Waals surface area contributed by atoms with Crippen molar-refractivity contribution in [2.75, 3.05) is 39.6 Å². The molecule has 19 heteroatoms. The standard InChI is InChI=1S/C78H152O17P2/c1-9-70(7)56-48-40-32-24-17-19-26-34-42-50-58-75(80)88-64-73(94-77(82)60-52-44-36-27-16-14-12-11-13-15-22-30-38-46-54-68(3)4)66-92-96(84,85)90-62-72(79)63-91-97(86,87)93-67-74(65-89-76(81)59-51-43-35-29-21-23-31-39-47-55-69(5)6)95-78(83)61-53-45-37-28-20-18-25-33-41-49-57-71(8)10-2/h68-74,79H,9-67H2,1-8H3,(H,84,85)(H,86,87)/t70?,71?,72-,73-,74-/m1/s1. The maximum absolute atomic E-state index is 13.1. The molecule has 0 heterocycles. The second kappa shape index (κ2) is 67.2. The molecule has 0 aliphatic carbocycles. The lowest BCUT2D eigenvalue weighted by molar-refractivity contribution is -0.161. The molecule has 0 saturated heterocycles. The van der Waals surface area contributed by atoms with E-state index in [1.807, 2.05) is 0 Å². The van der Waals surface area contributed by atoms with Gasteiger partial charge in [0, 0.05) is 25.7 Å². The lowest BCUT2D eigenvalue weighted by Crippen LogP contribution is -2.30. The van der Waals surface area contributed by atoms with Crippen LogP contribution in [0, 0.1) is 23.7 Å². The summed E-state index contributed by atoms with van der Waals surface area (Å²) in [6, 6.07) is 0. The number of hydrogen-bond donors (Lipinski definition) is 3. The Kier molecular flexibility index (Phi) is 65.9. The number of aliphatic hydroxyl groups is 1. The smallest absolute Gasteiger partial charge is 0.462 e. The molecule has 3 N–H and O–H groups in total. The minimum atomic E-state index is -4.96. The van der Waals surface area contributed by atoms with Crippen LogP contribution in [0.1, 0.15) is 396 Å². The Hall–Kier alpha value is -1.94. The number of carbonyl (C=O) groups is 4. The topological polar surface area (TPSA) is 237 Å². The summed E-state index contributed by atoms with van der Waals surface area (Å²) in [5.41, 5.74) is 0. The van der Waals surface area contributed by atoms with Gasteiger partial charge in [0.15, 0.2) is 12.2 Å². The number of aliphatic hydroxyl groups excluding tert-OH is 1. The predicted molar refractivity (Wildman–Crippen MR) is 395 cm³/mol. The summed E-state index contributed by atoms with van der Waals surface area (Å²) in [5.74, 6) is 1.03. The third-order valence-electron chi connectivity index (χ3n) is 18.8. The third kappa shape index (κ3) is 69.5. The Morgan fingerprint density at radius 1 is 0.289 bits per heavy atom. The van der Waals surface area contributed by atoms with Gasteiger partial charge >= 0.3 is 39.5 Å². The SMILES string of the molecule is CCC(C)CCCCCCCCCCCCC(=O)OC[C@H](COP(=O)(O)OC[C@@H](O)COP(=O)(O)OC[C@@H](COC(=O)CCCCCCCCCCCC(C)C)OC(=O)CCCCCCCCCCCCC(C)CC)OC(=O)CCCCCCCCCCCCCCCCC(C)C. The van der Waals surface area contributed by atoms with Gasteiger partial charge in [-0.3, -0.25) is 37.3 Å². The second-order valence-corrected chi connectivity index (χ2v) is 32.4. The minimum Gasteiger partial charge on any atom is -0.462 e. The average molecular weight is 1420 g/mol. The first kappa shape index (κ1) is 95.1. The highest BCUT2D eigenvalue weighted by Gasteiger charge is 2.30. The van der Waals surface area contributed by atoms with E-state index in [1.165, 1.54) is 199 Å². The van der Waals surface area contributed by atoms with E-state index in [9.17, 15) is 43.2 Å². The summed E-state index contributed by atoms with van der Waals surface area (Å²) in [5, 5.41) is 10.6. The van der Waals surface area contributed by atoms with Gasteiger partial charge in [-0.2, -0.15) is 0 Å². The molecule has 0 aromatic carbocycles. The first-order valence-electron chi connectivity index (χ1n) is 40.3. The molecule has 7 atom stereocenters. The quantitative estimate of drug-likeness (QED) is 0.0222. The van der Waals surface area contributed by atoms with E-state index in [-0.39, 0.29) is 25.7 Å². The number of phosphoric acid groups is 2. The van der Waals surface area contributed by atoms with Crippen molar-refractivity contribution in [3.05, 3.63) is 0 Å². The van der Waals surface area contributed by atoms with Gasteiger partial charge in [0.2, 0.25) is 0 Å². The van der Waals surface area contributed by atoms with Crippen LogP contribution in [0.25, 0.3) is 0 Å². The van der Waals surface area contributed by atoms with Crippen LogP contribution < -0.4 is 0 Å². The van der Waals surface area contributed by atoms with Crippen LogP contribution >= 0.6 is 15.6 Å². The first-order chi connectivity index (χ1) is 46.7. The highest BCUT2D eigenvalue weighted by Crippen LogP contribution is 2.45. The zero-order chi connectivity index (χ0) is 71.7. The van der Waals surface area contributed by atoms with Gasteiger partial charge in [-0.25, -0.2) is 9.13 Å². The zero-order valence-corrected chi connectivity index (χ0v) is 65.5. The lowest BCUT2D eigenvalue weighted by Gasteiger charge is -2.21. The zero-order valence-electron chi connectivity index (χ0n) is 63.7. The van der Waals surface area contributed by atoms with Crippen LogP contribution in [-0.2, 0) is 65.4 Å². The number of esters is 4. The van der Waals surface area contributed by atoms with Crippen LogP contribution in [0.2, 0.25) is 0 Å². The van der Waals surface area contributed by atoms with Crippen molar-refractivity contribution in [2.24, 2.45) is 23.7 Å². The lowest BCUT2D eigenvalue weighted by atomic mass is 9.99. The van der Waals surface area contributed by atoms with Crippen molar-refractivity contribution in [1.82, 2.24) is 0 Å². The molecule has 0 aromatic rings. The van der Waals surface area contributed by atoms with Crippen LogP contribution in [-0.4, -0.2) is 96.7 Å². The molecule has 0 aliphatic rings. The summed E-state index contributed by atoms with van der Waals surface area (Å²) >= 11 is 0. The van der Waals surface area contributed by atoms with Crippen LogP contribution in [0.4, 0.5) is 0 Å². The van der Waals surface area contributed by atoms with Gasteiger partial charge in [0.25, 0.3) is 0 Å². The Bertz CT molecular complexity index is 1910. The molecule has 0 aliphatic heterocycles. The number of carbonyl (C=O) groups excluding carboxylic acids is 4. The Morgan fingerprint density at radius 3 is 0.732 bits per heavy atom. The molecule has 576 valence electrons. The Labute approximate surface area is 594 Å². The van der Waals surface area contributed by atoms with Crippen LogP contribution in [0.15, 0.2) is 0 Å². The van der Waals surface area contributed by atoms with Gasteiger partial charge in [-0.05, 0) is 49.4 Å². The number of hydrogen-bond acceptors (Lipinski definition) is 15. The molecule has 17 nitrogen and oxygen atoms in total. The number of rotatable bonds is 75. The van der Waals surface area contributed by atoms with Crippen molar-refractivity contribution in [3.8, 4) is 0 Å². The van der Waals surface area contributed by atoms with Crippen LogP contribution in [0.5, 0.6) is 0 Å². The van der Waals surface area contributed by atoms with E-state index in [4.69, 9.17) is 37.0 Å². The van der Waals surface area contributed by atoms with E-state index in [2.05, 4.69) is 55.4 Å². The molecule has 0 radical (unpaired) electrons. The average Bonchev–Trinajstić information content (AvgIpc) is 2.85. The normalized spacial score (nSPS) is 14.6. The summed E-state index contributed by atoms with van der Waals surface area (Å²) in [6.45, 7) is 14.3. The highest BCUT2D eigenvalue weighted by molar-refractivity contribution is 7.47. The highest BCUT2D eigenvalue weighted by atomic mass is 31.2. The molecule has 97 heavy (non-hydrogen) atoms. The van der Waals surface area contributed by atoms with Crippen molar-refractivity contribution >= 4 is 39.5 Å². The molecule has 4 unspecified atom stereocenters. The van der Waals surface area contributed by atoms with Gasteiger partial charge in [-0.15, -0.1) is 0 Å². The van der Waals surface area contributed by atoms with Crippen LogP contribution in [0.3, 0.4) is 0 Å². The fourth-order valence-electron chi connectivity index (χ4n) is 11.8. The van der Waals surface area contributed by atoms with Gasteiger partial charge in [-0.1, -0.05) is 344 Å². The molecule has 0 aromatic heterocycles. The Morgan fingerprint density at radius 2 is 0.495 bits per heavy atom. The van der Waals surface area contributed by atoms with E-state index in [0.717, 1.165) is 114 Å². The van der Waals surface area contributed by atoms with Crippen molar-refractivity contribution in [2.45, 2.75) is 414 Å². The van der Waals surface area contributed by atoms with E-state index in [1.54, 1.807) is 0 Å².